The van der Waals surface area contributed by atoms with Crippen LogP contribution < -0.4 is 10.6 Å². The van der Waals surface area contributed by atoms with Crippen LogP contribution in [0.4, 0.5) is 10.3 Å². The molecule has 1 fully saturated rings. The monoisotopic (exact) mass is 527 g/mol. The molecule has 2 atom stereocenters. The van der Waals surface area contributed by atoms with Crippen LogP contribution in [0.5, 0.6) is 0 Å². The number of anilines is 1. The van der Waals surface area contributed by atoms with E-state index in [-0.39, 0.29) is 17.9 Å². The Morgan fingerprint density at radius 3 is 3.06 bits per heavy atom. The van der Waals surface area contributed by atoms with E-state index in [0.29, 0.717) is 57.7 Å². The molecule has 1 aliphatic rings. The molecule has 1 aromatic carbocycles. The highest BCUT2D eigenvalue weighted by molar-refractivity contribution is 9.10. The van der Waals surface area contributed by atoms with Crippen LogP contribution >= 0.6 is 15.9 Å². The van der Waals surface area contributed by atoms with Crippen molar-refractivity contribution in [3.05, 3.63) is 47.1 Å². The van der Waals surface area contributed by atoms with Crippen molar-refractivity contribution in [1.82, 2.24) is 30.0 Å². The summed E-state index contributed by atoms with van der Waals surface area (Å²) in [6.07, 6.45) is 5.59. The minimum Gasteiger partial charge on any atom is -0.383 e. The van der Waals surface area contributed by atoms with Crippen molar-refractivity contribution in [3.63, 3.8) is 0 Å². The minimum absolute atomic E-state index is 0.0487. The Balaban J connectivity index is 1.38. The number of aromatic nitrogens is 5. The summed E-state index contributed by atoms with van der Waals surface area (Å²) >= 11 is 3.45. The van der Waals surface area contributed by atoms with Crippen molar-refractivity contribution in [2.45, 2.75) is 25.3 Å². The molecule has 0 spiro atoms. The van der Waals surface area contributed by atoms with Crippen molar-refractivity contribution in [2.24, 2.45) is 5.92 Å². The number of hydrogen-bond donors (Lipinski definition) is 2. The molecule has 1 aliphatic carbocycles. The van der Waals surface area contributed by atoms with E-state index < -0.39 is 5.82 Å². The lowest BCUT2D eigenvalue weighted by atomic mass is 10.1. The van der Waals surface area contributed by atoms with E-state index in [4.69, 9.17) is 4.74 Å². The second-order valence-corrected chi connectivity index (χ2v) is 9.02. The van der Waals surface area contributed by atoms with Crippen molar-refractivity contribution in [3.8, 4) is 5.69 Å². The van der Waals surface area contributed by atoms with E-state index in [1.807, 2.05) is 6.07 Å². The van der Waals surface area contributed by atoms with E-state index in [9.17, 15) is 9.18 Å². The zero-order valence-corrected chi connectivity index (χ0v) is 20.0. The van der Waals surface area contributed by atoms with Gasteiger partial charge in [-0.25, -0.2) is 14.1 Å². The van der Waals surface area contributed by atoms with Gasteiger partial charge in [0.1, 0.15) is 10.1 Å². The number of carbonyl (C=O) groups is 1. The maximum absolute atomic E-state index is 14.7. The van der Waals surface area contributed by atoms with Crippen molar-refractivity contribution in [1.29, 1.82) is 0 Å². The Labute approximate surface area is 203 Å². The van der Waals surface area contributed by atoms with Gasteiger partial charge in [0.15, 0.2) is 11.5 Å². The molecule has 3 aromatic heterocycles. The van der Waals surface area contributed by atoms with Crippen LogP contribution in [0.25, 0.3) is 27.6 Å². The summed E-state index contributed by atoms with van der Waals surface area (Å²) < 4.78 is 21.8. The van der Waals surface area contributed by atoms with Gasteiger partial charge < -0.3 is 15.4 Å². The number of nitrogens with zero attached hydrogens (tertiary/aromatic N) is 5. The summed E-state index contributed by atoms with van der Waals surface area (Å²) in [6, 6.07) is 6.87. The zero-order chi connectivity index (χ0) is 23.7. The molecule has 2 N–H and O–H groups in total. The lowest BCUT2D eigenvalue weighted by Gasteiger charge is -2.14. The van der Waals surface area contributed by atoms with Gasteiger partial charge in [-0.2, -0.15) is 10.1 Å². The molecule has 1 saturated carbocycles. The van der Waals surface area contributed by atoms with Crippen molar-refractivity contribution < 1.29 is 13.9 Å². The highest BCUT2D eigenvalue weighted by Crippen LogP contribution is 2.30. The molecule has 0 bridgehead atoms. The molecule has 1 amide bonds. The van der Waals surface area contributed by atoms with Gasteiger partial charge in [0, 0.05) is 49.5 Å². The molecule has 9 nitrogen and oxygen atoms in total. The Morgan fingerprint density at radius 2 is 2.21 bits per heavy atom. The van der Waals surface area contributed by atoms with Gasteiger partial charge >= 0.3 is 0 Å². The molecule has 4 aromatic rings. The number of ether oxygens (including phenoxy) is 1. The third-order valence-electron chi connectivity index (χ3n) is 6.01. The normalized spacial score (nSPS) is 18.0. The Bertz CT molecular complexity index is 1360. The average Bonchev–Trinajstić information content (AvgIpc) is 3.43. The zero-order valence-electron chi connectivity index (χ0n) is 18.5. The van der Waals surface area contributed by atoms with Crippen molar-refractivity contribution >= 4 is 49.7 Å². The number of hydrogen-bond acceptors (Lipinski definition) is 7. The highest BCUT2D eigenvalue weighted by Gasteiger charge is 2.30. The molecule has 34 heavy (non-hydrogen) atoms. The van der Waals surface area contributed by atoms with E-state index in [1.165, 1.54) is 6.07 Å². The molecule has 0 radical (unpaired) electrons. The van der Waals surface area contributed by atoms with Gasteiger partial charge in [-0.15, -0.1) is 0 Å². The maximum Gasteiger partial charge on any atom is 0.224 e. The van der Waals surface area contributed by atoms with Gasteiger partial charge in [-0.1, -0.05) is 6.07 Å². The topological polar surface area (TPSA) is 107 Å². The summed E-state index contributed by atoms with van der Waals surface area (Å²) in [5, 5.41) is 12.1. The fraction of sp³-hybridized carbons (Fsp3) is 0.348. The summed E-state index contributed by atoms with van der Waals surface area (Å²) in [5.41, 5.74) is 1.38. The first kappa shape index (κ1) is 22.6. The van der Waals surface area contributed by atoms with E-state index >= 15 is 0 Å². The fourth-order valence-electron chi connectivity index (χ4n) is 4.33. The quantitative estimate of drug-likeness (QED) is 0.353. The Hall–Kier alpha value is -3.18. The number of halogens is 2. The predicted molar refractivity (Wildman–Crippen MR) is 129 cm³/mol. The second-order valence-electron chi connectivity index (χ2n) is 8.27. The Morgan fingerprint density at radius 1 is 1.32 bits per heavy atom. The minimum atomic E-state index is -0.430. The molecule has 3 heterocycles. The van der Waals surface area contributed by atoms with Gasteiger partial charge in [0.05, 0.1) is 17.7 Å². The van der Waals surface area contributed by atoms with Crippen LogP contribution in [0, 0.1) is 11.7 Å². The number of rotatable bonds is 7. The first-order valence-electron chi connectivity index (χ1n) is 11.0. The third-order valence-corrected chi connectivity index (χ3v) is 6.59. The second kappa shape index (κ2) is 9.59. The molecular formula is C23H23BrFN7O2. The molecule has 0 aliphatic heterocycles. The number of nitrogens with one attached hydrogen (secondary N) is 2. The number of amides is 1. The van der Waals surface area contributed by atoms with Gasteiger partial charge in [0.2, 0.25) is 11.9 Å². The fourth-order valence-corrected chi connectivity index (χ4v) is 4.77. The first-order chi connectivity index (χ1) is 16.5. The first-order valence-corrected chi connectivity index (χ1v) is 11.8. The lowest BCUT2D eigenvalue weighted by molar-refractivity contribution is -0.125. The molecule has 176 valence electrons. The Kier molecular flexibility index (Phi) is 6.38. The van der Waals surface area contributed by atoms with E-state index in [0.717, 1.165) is 12.8 Å². The molecule has 11 heteroatoms. The predicted octanol–water partition coefficient (Wildman–Crippen LogP) is 3.61. The molecule has 0 saturated heterocycles. The van der Waals surface area contributed by atoms with Crippen molar-refractivity contribution in [2.75, 3.05) is 25.6 Å². The number of fused-ring (bicyclic) bond motifs is 2. The maximum atomic E-state index is 14.7. The van der Waals surface area contributed by atoms with Gasteiger partial charge in [-0.05, 0) is 47.3 Å². The summed E-state index contributed by atoms with van der Waals surface area (Å²) in [5.74, 6) is 0.00932. The lowest BCUT2D eigenvalue weighted by Crippen LogP contribution is -2.32. The standard InChI is InChI=1S/C23H23BrFN7O2/c1-34-8-7-27-22(33)14-4-5-15(9-14)29-23-28-12-17-20(24)31-32(21(17)30-23)16-10-13-3-2-6-26-19(13)18(25)11-16/h2-3,6,10-12,14-15H,4-5,7-9H2,1H3,(H,27,33)(H,28,29,30)/t14-,15-/m1/s1. The van der Waals surface area contributed by atoms with Crippen LogP contribution in [0.1, 0.15) is 19.3 Å². The van der Waals surface area contributed by atoms with Crippen LogP contribution in [-0.4, -0.2) is 56.9 Å². The SMILES string of the molecule is COCCNC(=O)[C@@H]1CC[C@@H](Nc2ncc3c(Br)nn(-c4cc(F)c5ncccc5c4)c3n2)C1. The number of methoxy groups -OCH3 is 1. The summed E-state index contributed by atoms with van der Waals surface area (Å²) in [6.45, 7) is 1.00. The number of carbonyl (C=O) groups excluding carboxylic acids is 1. The third kappa shape index (κ3) is 4.45. The largest absolute Gasteiger partial charge is 0.383 e. The average molecular weight is 528 g/mol. The van der Waals surface area contributed by atoms with Crippen LogP contribution in [-0.2, 0) is 9.53 Å². The van der Waals surface area contributed by atoms with Crippen LogP contribution in [0.15, 0.2) is 41.3 Å². The van der Waals surface area contributed by atoms with Gasteiger partial charge in [-0.3, -0.25) is 9.78 Å². The van der Waals surface area contributed by atoms with Crippen LogP contribution in [0.3, 0.4) is 0 Å². The summed E-state index contributed by atoms with van der Waals surface area (Å²) in [7, 11) is 1.61. The number of pyridine rings is 1. The number of benzene rings is 1. The van der Waals surface area contributed by atoms with Crippen LogP contribution in [0.2, 0.25) is 0 Å². The summed E-state index contributed by atoms with van der Waals surface area (Å²) in [4.78, 5) is 25.5. The molecular weight excluding hydrogens is 505 g/mol. The highest BCUT2D eigenvalue weighted by atomic mass is 79.9. The smallest absolute Gasteiger partial charge is 0.224 e. The molecule has 5 rings (SSSR count). The van der Waals surface area contributed by atoms with Gasteiger partial charge in [0.25, 0.3) is 0 Å². The molecule has 0 unspecified atom stereocenters. The van der Waals surface area contributed by atoms with E-state index in [2.05, 4.69) is 46.6 Å². The van der Waals surface area contributed by atoms with E-state index in [1.54, 1.807) is 36.3 Å².